The number of amides is 3. The molecule has 0 unspecified atom stereocenters. The number of hydrogen-bond acceptors (Lipinski definition) is 5. The number of rotatable bonds is 5. The van der Waals surface area contributed by atoms with Gasteiger partial charge in [-0.3, -0.25) is 9.78 Å². The molecule has 0 aliphatic heterocycles. The van der Waals surface area contributed by atoms with Crippen LogP contribution < -0.4 is 20.7 Å². The zero-order valence-corrected chi connectivity index (χ0v) is 16.5. The van der Waals surface area contributed by atoms with E-state index in [1.807, 2.05) is 0 Å². The number of benzene rings is 2. The van der Waals surface area contributed by atoms with Gasteiger partial charge in [0.25, 0.3) is 5.91 Å². The highest BCUT2D eigenvalue weighted by atomic mass is 19.4. The van der Waals surface area contributed by atoms with Crippen molar-refractivity contribution >= 4 is 23.3 Å². The highest BCUT2D eigenvalue weighted by Gasteiger charge is 2.34. The number of carbonyl (C=O) groups excluding carboxylic acids is 2. The summed E-state index contributed by atoms with van der Waals surface area (Å²) in [5.74, 6) is -0.504. The summed E-state index contributed by atoms with van der Waals surface area (Å²) in [5.41, 5.74) is -0.863. The molecule has 0 radical (unpaired) electrons. The predicted molar refractivity (Wildman–Crippen MR) is 110 cm³/mol. The summed E-state index contributed by atoms with van der Waals surface area (Å²) in [7, 11) is 1.48. The van der Waals surface area contributed by atoms with Crippen LogP contribution in [-0.4, -0.2) is 29.1 Å². The number of nitrogens with one attached hydrogen (secondary N) is 3. The Hall–Kier alpha value is -4.28. The van der Waals surface area contributed by atoms with Crippen LogP contribution in [-0.2, 0) is 6.18 Å². The molecule has 0 bridgehead atoms. The Balaban J connectivity index is 1.62. The minimum absolute atomic E-state index is 0.141. The summed E-state index contributed by atoms with van der Waals surface area (Å²) < 4.78 is 44.2. The van der Waals surface area contributed by atoms with Crippen LogP contribution in [0, 0.1) is 0 Å². The number of pyridine rings is 1. The third kappa shape index (κ3) is 5.65. The van der Waals surface area contributed by atoms with Crippen molar-refractivity contribution in [1.82, 2.24) is 10.3 Å². The van der Waals surface area contributed by atoms with Gasteiger partial charge in [0.2, 0.25) is 0 Å². The van der Waals surface area contributed by atoms with Crippen molar-refractivity contribution in [2.24, 2.45) is 0 Å². The molecule has 4 N–H and O–H groups in total. The average Bonchev–Trinajstić information content (AvgIpc) is 2.75. The van der Waals surface area contributed by atoms with E-state index < -0.39 is 23.5 Å². The molecule has 3 rings (SSSR count). The number of phenols is 1. The van der Waals surface area contributed by atoms with Crippen LogP contribution in [0.25, 0.3) is 0 Å². The summed E-state index contributed by atoms with van der Waals surface area (Å²) in [6.45, 7) is 0. The number of carbonyl (C=O) groups is 2. The number of aromatic nitrogens is 1. The average molecular weight is 446 g/mol. The molecule has 32 heavy (non-hydrogen) atoms. The molecule has 1 heterocycles. The Morgan fingerprint density at radius 2 is 1.59 bits per heavy atom. The first-order chi connectivity index (χ1) is 15.2. The van der Waals surface area contributed by atoms with Crippen molar-refractivity contribution in [3.05, 3.63) is 72.1 Å². The van der Waals surface area contributed by atoms with E-state index in [0.29, 0.717) is 23.3 Å². The molecule has 0 fully saturated rings. The van der Waals surface area contributed by atoms with Crippen molar-refractivity contribution < 1.29 is 32.6 Å². The van der Waals surface area contributed by atoms with Gasteiger partial charge in [-0.1, -0.05) is 0 Å². The van der Waals surface area contributed by atoms with Gasteiger partial charge in [0.1, 0.15) is 22.9 Å². The number of urea groups is 1. The van der Waals surface area contributed by atoms with Crippen LogP contribution in [0.4, 0.5) is 29.3 Å². The number of nitrogens with zero attached hydrogens (tertiary/aromatic N) is 1. The third-order valence-corrected chi connectivity index (χ3v) is 4.10. The fourth-order valence-corrected chi connectivity index (χ4v) is 2.60. The van der Waals surface area contributed by atoms with E-state index in [0.717, 1.165) is 12.1 Å². The topological polar surface area (TPSA) is 113 Å². The Kier molecular flexibility index (Phi) is 6.47. The quantitative estimate of drug-likeness (QED) is 0.428. The van der Waals surface area contributed by atoms with E-state index in [4.69, 9.17) is 4.74 Å². The van der Waals surface area contributed by atoms with Crippen molar-refractivity contribution in [1.29, 1.82) is 0 Å². The van der Waals surface area contributed by atoms with Crippen molar-refractivity contribution in [2.45, 2.75) is 6.18 Å². The van der Waals surface area contributed by atoms with Crippen LogP contribution in [0.15, 0.2) is 60.8 Å². The van der Waals surface area contributed by atoms with Gasteiger partial charge in [0.15, 0.2) is 0 Å². The maximum Gasteiger partial charge on any atom is 0.420 e. The van der Waals surface area contributed by atoms with Gasteiger partial charge in [-0.15, -0.1) is 0 Å². The summed E-state index contributed by atoms with van der Waals surface area (Å²) in [6, 6.07) is 11.0. The molecule has 0 atom stereocenters. The lowest BCUT2D eigenvalue weighted by molar-refractivity contribution is -0.138. The molecule has 0 saturated heterocycles. The third-order valence-electron chi connectivity index (χ3n) is 4.10. The monoisotopic (exact) mass is 446 g/mol. The number of aromatic hydroxyl groups is 1. The van der Waals surface area contributed by atoms with E-state index in [9.17, 15) is 27.9 Å². The van der Waals surface area contributed by atoms with Gasteiger partial charge in [-0.05, 0) is 48.5 Å². The van der Waals surface area contributed by atoms with Crippen LogP contribution in [0.2, 0.25) is 0 Å². The zero-order chi connectivity index (χ0) is 23.3. The molecule has 0 aliphatic carbocycles. The highest BCUT2D eigenvalue weighted by Crippen LogP contribution is 2.37. The van der Waals surface area contributed by atoms with Crippen molar-refractivity contribution in [3.63, 3.8) is 0 Å². The molecule has 1 aromatic heterocycles. The maximum absolute atomic E-state index is 12.9. The van der Waals surface area contributed by atoms with Gasteiger partial charge in [0, 0.05) is 30.7 Å². The minimum Gasteiger partial charge on any atom is -0.507 e. The van der Waals surface area contributed by atoms with E-state index in [-0.39, 0.29) is 17.3 Å². The maximum atomic E-state index is 12.9. The molecule has 0 spiro atoms. The normalized spacial score (nSPS) is 10.9. The molecule has 8 nitrogen and oxygen atoms in total. The molecule has 11 heteroatoms. The molecule has 2 aromatic carbocycles. The number of halogens is 3. The van der Waals surface area contributed by atoms with Crippen molar-refractivity contribution in [2.75, 3.05) is 17.7 Å². The van der Waals surface area contributed by atoms with Gasteiger partial charge in [-0.2, -0.15) is 13.2 Å². The van der Waals surface area contributed by atoms with Crippen LogP contribution >= 0.6 is 0 Å². The van der Waals surface area contributed by atoms with E-state index in [1.54, 1.807) is 18.2 Å². The summed E-state index contributed by atoms with van der Waals surface area (Å²) in [4.78, 5) is 27.7. The first-order valence-electron chi connectivity index (χ1n) is 9.10. The Morgan fingerprint density at radius 1 is 0.938 bits per heavy atom. The summed E-state index contributed by atoms with van der Waals surface area (Å²) >= 11 is 0. The van der Waals surface area contributed by atoms with E-state index in [1.165, 1.54) is 31.4 Å². The first-order valence-corrected chi connectivity index (χ1v) is 9.10. The predicted octanol–water partition coefficient (Wildman–Crippen LogP) is 4.60. The van der Waals surface area contributed by atoms with Crippen molar-refractivity contribution in [3.8, 4) is 17.2 Å². The van der Waals surface area contributed by atoms with Crippen LogP contribution in [0.1, 0.15) is 16.1 Å². The Labute approximate surface area is 180 Å². The second-order valence-electron chi connectivity index (χ2n) is 6.39. The SMILES string of the molecule is CNC(=O)c1cc(Oc2ccc(NC(=O)Nc3ccc(O)c(C(F)(F)F)c3)cc2)ccn1. The molecule has 3 aromatic rings. The van der Waals surface area contributed by atoms with Gasteiger partial charge in [-0.25, -0.2) is 4.79 Å². The molecular weight excluding hydrogens is 429 g/mol. The minimum atomic E-state index is -4.76. The lowest BCUT2D eigenvalue weighted by Gasteiger charge is -2.12. The standard InChI is InChI=1S/C21H17F3N4O4/c1-25-19(30)17-11-15(8-9-26-17)32-14-5-2-12(3-6-14)27-20(31)28-13-4-7-18(29)16(10-13)21(22,23)24/h2-11,29H,1H3,(H,25,30)(H2,27,28,31). The summed E-state index contributed by atoms with van der Waals surface area (Å²) in [6.07, 6.45) is -3.34. The van der Waals surface area contributed by atoms with E-state index in [2.05, 4.69) is 20.9 Å². The molecule has 0 aliphatic rings. The lowest BCUT2D eigenvalue weighted by Crippen LogP contribution is -2.19. The van der Waals surface area contributed by atoms with Crippen LogP contribution in [0.3, 0.4) is 0 Å². The fraction of sp³-hybridized carbons (Fsp3) is 0.0952. The first kappa shape index (κ1) is 22.4. The van der Waals surface area contributed by atoms with Gasteiger partial charge < -0.3 is 25.8 Å². The lowest BCUT2D eigenvalue weighted by atomic mass is 10.1. The molecular formula is C21H17F3N4O4. The van der Waals surface area contributed by atoms with E-state index >= 15 is 0 Å². The molecule has 3 amide bonds. The van der Waals surface area contributed by atoms with Gasteiger partial charge in [0.05, 0.1) is 5.56 Å². The largest absolute Gasteiger partial charge is 0.507 e. The van der Waals surface area contributed by atoms with Gasteiger partial charge >= 0.3 is 12.2 Å². The number of alkyl halides is 3. The molecule has 0 saturated carbocycles. The highest BCUT2D eigenvalue weighted by molar-refractivity contribution is 5.99. The second kappa shape index (κ2) is 9.25. The smallest absolute Gasteiger partial charge is 0.420 e. The Bertz CT molecular complexity index is 1130. The number of ether oxygens (including phenoxy) is 1. The summed E-state index contributed by atoms with van der Waals surface area (Å²) in [5, 5.41) is 16.5. The fourth-order valence-electron chi connectivity index (χ4n) is 2.60. The van der Waals surface area contributed by atoms with Crippen LogP contribution in [0.5, 0.6) is 17.2 Å². The Morgan fingerprint density at radius 3 is 2.25 bits per heavy atom. The second-order valence-corrected chi connectivity index (χ2v) is 6.39. The zero-order valence-electron chi connectivity index (χ0n) is 16.5. The number of hydrogen-bond donors (Lipinski definition) is 4. The molecule has 166 valence electrons. The number of anilines is 2. The number of phenolic OH excluding ortho intramolecular Hbond substituents is 1.